The van der Waals surface area contributed by atoms with E-state index in [-0.39, 0.29) is 23.3 Å². The van der Waals surface area contributed by atoms with E-state index >= 15 is 0 Å². The summed E-state index contributed by atoms with van der Waals surface area (Å²) in [5.41, 5.74) is 6.14. The Morgan fingerprint density at radius 2 is 2.00 bits per heavy atom. The van der Waals surface area contributed by atoms with E-state index < -0.39 is 0 Å². The Kier molecular flexibility index (Phi) is 3.77. The van der Waals surface area contributed by atoms with Gasteiger partial charge in [-0.15, -0.1) is 0 Å². The summed E-state index contributed by atoms with van der Waals surface area (Å²) in [5, 5.41) is 0. The zero-order valence-electron chi connectivity index (χ0n) is 10.4. The summed E-state index contributed by atoms with van der Waals surface area (Å²) in [7, 11) is 0. The fourth-order valence-corrected chi connectivity index (χ4v) is 2.11. The van der Waals surface area contributed by atoms with E-state index in [1.54, 1.807) is 0 Å². The van der Waals surface area contributed by atoms with Crippen LogP contribution < -0.4 is 5.73 Å². The molecule has 2 N–H and O–H groups in total. The lowest BCUT2D eigenvalue weighted by Gasteiger charge is -2.39. The Morgan fingerprint density at radius 3 is 2.47 bits per heavy atom. The molecule has 1 heterocycles. The Bertz CT molecular complexity index is 236. The fraction of sp³-hybridized carbons (Fsp3) is 0.917. The Labute approximate surface area is 93.0 Å². The van der Waals surface area contributed by atoms with Crippen LogP contribution in [0.1, 0.15) is 40.5 Å². The number of carbonyl (C=O) groups is 1. The van der Waals surface area contributed by atoms with Crippen LogP contribution in [0, 0.1) is 11.3 Å². The van der Waals surface area contributed by atoms with Crippen molar-refractivity contribution < 1.29 is 4.79 Å². The van der Waals surface area contributed by atoms with Crippen molar-refractivity contribution in [2.45, 2.75) is 46.6 Å². The number of rotatable bonds is 2. The quantitative estimate of drug-likeness (QED) is 0.756. The lowest BCUT2D eigenvalue weighted by Crippen LogP contribution is -2.51. The van der Waals surface area contributed by atoms with Crippen molar-refractivity contribution >= 4 is 5.91 Å². The number of hydrogen-bond acceptors (Lipinski definition) is 2. The molecule has 1 saturated heterocycles. The maximum absolute atomic E-state index is 12.0. The summed E-state index contributed by atoms with van der Waals surface area (Å²) in [6, 6.07) is -0.334. The third-order valence-corrected chi connectivity index (χ3v) is 3.22. The zero-order valence-corrected chi connectivity index (χ0v) is 10.4. The monoisotopic (exact) mass is 212 g/mol. The maximum Gasteiger partial charge on any atom is 0.239 e. The van der Waals surface area contributed by atoms with Crippen LogP contribution in [0.15, 0.2) is 0 Å². The van der Waals surface area contributed by atoms with E-state index in [1.807, 2.05) is 18.7 Å². The van der Waals surface area contributed by atoms with Gasteiger partial charge in [-0.25, -0.2) is 0 Å². The van der Waals surface area contributed by atoms with Gasteiger partial charge in [0, 0.05) is 13.1 Å². The Hall–Kier alpha value is -0.570. The molecule has 1 atom stereocenters. The molecule has 1 fully saturated rings. The topological polar surface area (TPSA) is 46.3 Å². The van der Waals surface area contributed by atoms with Crippen LogP contribution in [-0.4, -0.2) is 29.9 Å². The third kappa shape index (κ3) is 3.20. The van der Waals surface area contributed by atoms with E-state index in [4.69, 9.17) is 5.73 Å². The van der Waals surface area contributed by atoms with Gasteiger partial charge >= 0.3 is 0 Å². The van der Waals surface area contributed by atoms with Crippen LogP contribution in [0.25, 0.3) is 0 Å². The molecule has 3 heteroatoms. The molecule has 1 aliphatic heterocycles. The van der Waals surface area contributed by atoms with E-state index in [9.17, 15) is 4.79 Å². The molecule has 15 heavy (non-hydrogen) atoms. The first kappa shape index (κ1) is 12.5. The molecule has 0 aromatic heterocycles. The SMILES string of the molecule is CC(C)C(N)C(=O)N1CCCC(C)(C)C1. The standard InChI is InChI=1S/C12H24N2O/c1-9(2)10(13)11(15)14-7-5-6-12(3,4)8-14/h9-10H,5-8,13H2,1-4H3. The van der Waals surface area contributed by atoms with Crippen molar-refractivity contribution in [1.29, 1.82) is 0 Å². The fourth-order valence-electron chi connectivity index (χ4n) is 2.11. The van der Waals surface area contributed by atoms with Gasteiger partial charge in [0.2, 0.25) is 5.91 Å². The van der Waals surface area contributed by atoms with Crippen molar-refractivity contribution in [2.24, 2.45) is 17.1 Å². The highest BCUT2D eigenvalue weighted by Gasteiger charge is 2.31. The molecule has 1 amide bonds. The van der Waals surface area contributed by atoms with Gasteiger partial charge in [0.25, 0.3) is 0 Å². The molecular formula is C12H24N2O. The summed E-state index contributed by atoms with van der Waals surface area (Å²) >= 11 is 0. The zero-order chi connectivity index (χ0) is 11.6. The van der Waals surface area contributed by atoms with Crippen LogP contribution in [-0.2, 0) is 4.79 Å². The summed E-state index contributed by atoms with van der Waals surface area (Å²) in [6.07, 6.45) is 2.30. The second-order valence-corrected chi connectivity index (χ2v) is 5.80. The molecule has 3 nitrogen and oxygen atoms in total. The average molecular weight is 212 g/mol. The molecule has 0 aliphatic carbocycles. The minimum atomic E-state index is -0.334. The number of hydrogen-bond donors (Lipinski definition) is 1. The molecule has 0 bridgehead atoms. The smallest absolute Gasteiger partial charge is 0.239 e. The van der Waals surface area contributed by atoms with E-state index in [2.05, 4.69) is 13.8 Å². The van der Waals surface area contributed by atoms with Gasteiger partial charge in [0.05, 0.1) is 6.04 Å². The van der Waals surface area contributed by atoms with Crippen molar-refractivity contribution in [2.75, 3.05) is 13.1 Å². The molecule has 1 rings (SSSR count). The summed E-state index contributed by atoms with van der Waals surface area (Å²) in [5.74, 6) is 0.348. The second-order valence-electron chi connectivity index (χ2n) is 5.80. The highest BCUT2D eigenvalue weighted by atomic mass is 16.2. The van der Waals surface area contributed by atoms with Crippen LogP contribution in [0.4, 0.5) is 0 Å². The molecule has 0 saturated carbocycles. The van der Waals surface area contributed by atoms with Gasteiger partial charge in [-0.2, -0.15) is 0 Å². The molecule has 0 spiro atoms. The van der Waals surface area contributed by atoms with Gasteiger partial charge in [-0.05, 0) is 24.2 Å². The molecule has 1 aliphatic rings. The van der Waals surface area contributed by atoms with Crippen LogP contribution in [0.3, 0.4) is 0 Å². The van der Waals surface area contributed by atoms with E-state index in [0.29, 0.717) is 0 Å². The number of likely N-dealkylation sites (tertiary alicyclic amines) is 1. The van der Waals surface area contributed by atoms with Gasteiger partial charge < -0.3 is 10.6 Å². The second kappa shape index (κ2) is 4.52. The van der Waals surface area contributed by atoms with E-state index in [1.165, 1.54) is 6.42 Å². The number of nitrogens with two attached hydrogens (primary N) is 1. The number of amides is 1. The summed E-state index contributed by atoms with van der Waals surface area (Å²) in [4.78, 5) is 14.0. The lowest BCUT2D eigenvalue weighted by molar-refractivity contribution is -0.136. The van der Waals surface area contributed by atoms with Crippen LogP contribution in [0.2, 0.25) is 0 Å². The molecule has 0 radical (unpaired) electrons. The van der Waals surface area contributed by atoms with Gasteiger partial charge in [-0.1, -0.05) is 27.7 Å². The minimum absolute atomic E-state index is 0.123. The molecule has 88 valence electrons. The molecular weight excluding hydrogens is 188 g/mol. The molecule has 0 aromatic carbocycles. The summed E-state index contributed by atoms with van der Waals surface area (Å²) < 4.78 is 0. The third-order valence-electron chi connectivity index (χ3n) is 3.22. The normalized spacial score (nSPS) is 22.9. The van der Waals surface area contributed by atoms with Crippen molar-refractivity contribution in [3.8, 4) is 0 Å². The minimum Gasteiger partial charge on any atom is -0.341 e. The first-order valence-electron chi connectivity index (χ1n) is 5.88. The van der Waals surface area contributed by atoms with Crippen LogP contribution in [0.5, 0.6) is 0 Å². The number of nitrogens with zero attached hydrogens (tertiary/aromatic N) is 1. The highest BCUT2D eigenvalue weighted by molar-refractivity contribution is 5.82. The largest absolute Gasteiger partial charge is 0.341 e. The predicted molar refractivity (Wildman–Crippen MR) is 62.4 cm³/mol. The Morgan fingerprint density at radius 1 is 1.40 bits per heavy atom. The lowest BCUT2D eigenvalue weighted by atomic mass is 9.83. The molecule has 0 aromatic rings. The average Bonchev–Trinajstić information content (AvgIpc) is 2.13. The van der Waals surface area contributed by atoms with Gasteiger partial charge in [0.15, 0.2) is 0 Å². The number of piperidine rings is 1. The van der Waals surface area contributed by atoms with Crippen molar-refractivity contribution in [3.05, 3.63) is 0 Å². The van der Waals surface area contributed by atoms with Gasteiger partial charge in [0.1, 0.15) is 0 Å². The predicted octanol–water partition coefficient (Wildman–Crippen LogP) is 1.62. The van der Waals surface area contributed by atoms with Gasteiger partial charge in [-0.3, -0.25) is 4.79 Å². The highest BCUT2D eigenvalue weighted by Crippen LogP contribution is 2.28. The first-order chi connectivity index (χ1) is 6.83. The summed E-state index contributed by atoms with van der Waals surface area (Å²) in [6.45, 7) is 10.2. The maximum atomic E-state index is 12.0. The van der Waals surface area contributed by atoms with E-state index in [0.717, 1.165) is 19.5 Å². The van der Waals surface area contributed by atoms with Crippen molar-refractivity contribution in [3.63, 3.8) is 0 Å². The van der Waals surface area contributed by atoms with Crippen LogP contribution >= 0.6 is 0 Å². The molecule has 1 unspecified atom stereocenters. The Balaban J connectivity index is 2.60. The number of carbonyl (C=O) groups excluding carboxylic acids is 1. The first-order valence-corrected chi connectivity index (χ1v) is 5.88. The van der Waals surface area contributed by atoms with Crippen molar-refractivity contribution in [1.82, 2.24) is 4.90 Å².